The van der Waals surface area contributed by atoms with Crippen molar-refractivity contribution >= 4 is 5.91 Å². The second kappa shape index (κ2) is 3.24. The summed E-state index contributed by atoms with van der Waals surface area (Å²) in [5.41, 5.74) is 0. The fourth-order valence-electron chi connectivity index (χ4n) is 1.91. The van der Waals surface area contributed by atoms with E-state index in [2.05, 4.69) is 19.2 Å². The molecule has 0 spiro atoms. The average Bonchev–Trinajstić information content (AvgIpc) is 2.56. The molecule has 1 saturated carbocycles. The summed E-state index contributed by atoms with van der Waals surface area (Å²) in [5, 5.41) is 2.86. The van der Waals surface area contributed by atoms with E-state index in [1.807, 2.05) is 0 Å². The lowest BCUT2D eigenvalue weighted by Crippen LogP contribution is -2.22. The van der Waals surface area contributed by atoms with Gasteiger partial charge < -0.3 is 5.32 Å². The van der Waals surface area contributed by atoms with Crippen LogP contribution in [0.1, 0.15) is 27.2 Å². The molecule has 0 aromatic heterocycles. The summed E-state index contributed by atoms with van der Waals surface area (Å²) in [4.78, 5) is 10.6. The maximum absolute atomic E-state index is 10.6. The monoisotopic (exact) mass is 155 g/mol. The Bertz CT molecular complexity index is 156. The molecule has 3 atom stereocenters. The fourth-order valence-corrected chi connectivity index (χ4v) is 1.91. The van der Waals surface area contributed by atoms with Gasteiger partial charge in [0, 0.05) is 13.5 Å². The van der Waals surface area contributed by atoms with Crippen molar-refractivity contribution in [3.05, 3.63) is 0 Å². The van der Waals surface area contributed by atoms with E-state index >= 15 is 0 Å². The SMILES string of the molecule is CCC1C(C)[C@H]1CNC(C)=O. The predicted molar refractivity (Wildman–Crippen MR) is 45.1 cm³/mol. The summed E-state index contributed by atoms with van der Waals surface area (Å²) in [5.74, 6) is 2.54. The van der Waals surface area contributed by atoms with E-state index < -0.39 is 0 Å². The molecule has 1 aliphatic rings. The van der Waals surface area contributed by atoms with Gasteiger partial charge in [-0.3, -0.25) is 4.79 Å². The third-order valence-electron chi connectivity index (χ3n) is 2.82. The van der Waals surface area contributed by atoms with E-state index in [-0.39, 0.29) is 5.91 Å². The minimum Gasteiger partial charge on any atom is -0.356 e. The first-order valence-corrected chi connectivity index (χ1v) is 4.41. The first kappa shape index (κ1) is 8.57. The summed E-state index contributed by atoms with van der Waals surface area (Å²) in [6.07, 6.45) is 1.26. The van der Waals surface area contributed by atoms with Gasteiger partial charge in [-0.15, -0.1) is 0 Å². The highest BCUT2D eigenvalue weighted by Gasteiger charge is 2.44. The highest BCUT2D eigenvalue weighted by molar-refractivity contribution is 5.72. The standard InChI is InChI=1S/C9H17NO/c1-4-8-6(2)9(8)5-10-7(3)11/h6,8-9H,4-5H2,1-3H3,(H,10,11)/t6?,8?,9-/m1/s1. The first-order chi connectivity index (χ1) is 5.16. The molecule has 1 amide bonds. The van der Waals surface area contributed by atoms with Crippen molar-refractivity contribution in [3.8, 4) is 0 Å². The lowest BCUT2D eigenvalue weighted by molar-refractivity contribution is -0.119. The highest BCUT2D eigenvalue weighted by atomic mass is 16.1. The van der Waals surface area contributed by atoms with Crippen LogP contribution in [-0.2, 0) is 4.79 Å². The number of carbonyl (C=O) groups is 1. The van der Waals surface area contributed by atoms with Gasteiger partial charge in [0.25, 0.3) is 0 Å². The summed E-state index contributed by atoms with van der Waals surface area (Å²) in [7, 11) is 0. The van der Waals surface area contributed by atoms with E-state index in [1.54, 1.807) is 6.92 Å². The van der Waals surface area contributed by atoms with E-state index in [0.717, 1.165) is 24.3 Å². The molecular formula is C9H17NO. The van der Waals surface area contributed by atoms with Crippen LogP contribution in [0.15, 0.2) is 0 Å². The van der Waals surface area contributed by atoms with Crippen molar-refractivity contribution in [1.82, 2.24) is 5.32 Å². The van der Waals surface area contributed by atoms with Gasteiger partial charge in [0.1, 0.15) is 0 Å². The molecular weight excluding hydrogens is 138 g/mol. The summed E-state index contributed by atoms with van der Waals surface area (Å²) >= 11 is 0. The lowest BCUT2D eigenvalue weighted by Gasteiger charge is -1.98. The van der Waals surface area contributed by atoms with Crippen LogP contribution in [0.5, 0.6) is 0 Å². The normalized spacial score (nSPS) is 35.0. The van der Waals surface area contributed by atoms with Crippen LogP contribution in [-0.4, -0.2) is 12.5 Å². The zero-order valence-electron chi connectivity index (χ0n) is 7.55. The molecule has 1 fully saturated rings. The molecule has 0 saturated heterocycles. The molecule has 0 bridgehead atoms. The zero-order chi connectivity index (χ0) is 8.43. The van der Waals surface area contributed by atoms with Crippen LogP contribution >= 0.6 is 0 Å². The quantitative estimate of drug-likeness (QED) is 0.656. The Morgan fingerprint density at radius 3 is 2.45 bits per heavy atom. The number of carbonyl (C=O) groups excluding carboxylic acids is 1. The third-order valence-corrected chi connectivity index (χ3v) is 2.82. The van der Waals surface area contributed by atoms with Crippen molar-refractivity contribution in [2.45, 2.75) is 27.2 Å². The fraction of sp³-hybridized carbons (Fsp3) is 0.889. The van der Waals surface area contributed by atoms with E-state index in [4.69, 9.17) is 0 Å². The Balaban J connectivity index is 2.15. The molecule has 0 aliphatic heterocycles. The second-order valence-electron chi connectivity index (χ2n) is 3.53. The molecule has 0 aromatic rings. The number of amides is 1. The number of hydrogen-bond acceptors (Lipinski definition) is 1. The smallest absolute Gasteiger partial charge is 0.216 e. The highest BCUT2D eigenvalue weighted by Crippen LogP contribution is 2.47. The van der Waals surface area contributed by atoms with E-state index in [9.17, 15) is 4.79 Å². The van der Waals surface area contributed by atoms with Gasteiger partial charge in [0.15, 0.2) is 0 Å². The molecule has 2 nitrogen and oxygen atoms in total. The second-order valence-corrected chi connectivity index (χ2v) is 3.53. The minimum absolute atomic E-state index is 0.0963. The topological polar surface area (TPSA) is 29.1 Å². The van der Waals surface area contributed by atoms with Crippen LogP contribution in [0.4, 0.5) is 0 Å². The molecule has 1 rings (SSSR count). The van der Waals surface area contributed by atoms with Gasteiger partial charge in [-0.1, -0.05) is 20.3 Å². The maximum Gasteiger partial charge on any atom is 0.216 e. The van der Waals surface area contributed by atoms with Crippen molar-refractivity contribution in [3.63, 3.8) is 0 Å². The number of nitrogens with one attached hydrogen (secondary N) is 1. The third kappa shape index (κ3) is 1.95. The Morgan fingerprint density at radius 2 is 2.09 bits per heavy atom. The number of hydrogen-bond donors (Lipinski definition) is 1. The summed E-state index contributed by atoms with van der Waals surface area (Å²) < 4.78 is 0. The van der Waals surface area contributed by atoms with Crippen molar-refractivity contribution < 1.29 is 4.79 Å². The Morgan fingerprint density at radius 1 is 1.45 bits per heavy atom. The Hall–Kier alpha value is -0.530. The molecule has 1 N–H and O–H groups in total. The largest absolute Gasteiger partial charge is 0.356 e. The van der Waals surface area contributed by atoms with E-state index in [0.29, 0.717) is 0 Å². The molecule has 2 heteroatoms. The molecule has 11 heavy (non-hydrogen) atoms. The van der Waals surface area contributed by atoms with Crippen LogP contribution in [0, 0.1) is 17.8 Å². The first-order valence-electron chi connectivity index (χ1n) is 4.41. The van der Waals surface area contributed by atoms with Crippen molar-refractivity contribution in [2.24, 2.45) is 17.8 Å². The average molecular weight is 155 g/mol. The van der Waals surface area contributed by atoms with E-state index in [1.165, 1.54) is 6.42 Å². The van der Waals surface area contributed by atoms with Gasteiger partial charge in [-0.25, -0.2) is 0 Å². The van der Waals surface area contributed by atoms with Gasteiger partial charge in [0.2, 0.25) is 5.91 Å². The molecule has 1 aliphatic carbocycles. The lowest BCUT2D eigenvalue weighted by atomic mass is 10.2. The van der Waals surface area contributed by atoms with Gasteiger partial charge in [-0.2, -0.15) is 0 Å². The van der Waals surface area contributed by atoms with Crippen molar-refractivity contribution in [1.29, 1.82) is 0 Å². The summed E-state index contributed by atoms with van der Waals surface area (Å²) in [6.45, 7) is 6.94. The Kier molecular flexibility index (Phi) is 2.53. The predicted octanol–water partition coefficient (Wildman–Crippen LogP) is 1.41. The molecule has 0 radical (unpaired) electrons. The molecule has 64 valence electrons. The van der Waals surface area contributed by atoms with Gasteiger partial charge in [0.05, 0.1) is 0 Å². The molecule has 0 aromatic carbocycles. The number of rotatable bonds is 3. The van der Waals surface area contributed by atoms with Gasteiger partial charge >= 0.3 is 0 Å². The van der Waals surface area contributed by atoms with Crippen LogP contribution in [0.25, 0.3) is 0 Å². The van der Waals surface area contributed by atoms with Crippen molar-refractivity contribution in [2.75, 3.05) is 6.54 Å². The van der Waals surface area contributed by atoms with Crippen LogP contribution in [0.2, 0.25) is 0 Å². The van der Waals surface area contributed by atoms with Gasteiger partial charge in [-0.05, 0) is 17.8 Å². The maximum atomic E-state index is 10.6. The Labute approximate surface area is 68.4 Å². The minimum atomic E-state index is 0.0963. The summed E-state index contributed by atoms with van der Waals surface area (Å²) in [6, 6.07) is 0. The molecule has 0 heterocycles. The van der Waals surface area contributed by atoms with Crippen LogP contribution < -0.4 is 5.32 Å². The molecule has 2 unspecified atom stereocenters. The zero-order valence-corrected chi connectivity index (χ0v) is 7.55. The van der Waals surface area contributed by atoms with Crippen LogP contribution in [0.3, 0.4) is 0 Å².